The number of unbranched alkanes of at least 4 members (excludes halogenated alkanes) is 5. The largest absolute Gasteiger partial charge is 0.373 e. The second kappa shape index (κ2) is 11.9. The average Bonchev–Trinajstić information content (AvgIpc) is 2.90. The minimum atomic E-state index is 0.537. The van der Waals surface area contributed by atoms with Crippen molar-refractivity contribution in [1.29, 1.82) is 0 Å². The van der Waals surface area contributed by atoms with Crippen LogP contribution in [0.3, 0.4) is 0 Å². The van der Waals surface area contributed by atoms with E-state index >= 15 is 0 Å². The van der Waals surface area contributed by atoms with Gasteiger partial charge in [0.25, 0.3) is 0 Å². The van der Waals surface area contributed by atoms with Gasteiger partial charge in [0.2, 0.25) is 0 Å². The van der Waals surface area contributed by atoms with E-state index in [1.807, 2.05) is 6.07 Å². The number of ether oxygens (including phenoxy) is 1. The van der Waals surface area contributed by atoms with Crippen LogP contribution in [0.15, 0.2) is 10.6 Å². The lowest BCUT2D eigenvalue weighted by atomic mass is 10.1. The highest BCUT2D eigenvalue weighted by molar-refractivity contribution is 5.04. The number of hydrogen-bond donors (Lipinski definition) is 1. The maximum atomic E-state index is 5.61. The molecule has 0 amide bonds. The summed E-state index contributed by atoms with van der Waals surface area (Å²) >= 11 is 0. The fourth-order valence-electron chi connectivity index (χ4n) is 2.06. The van der Waals surface area contributed by atoms with Crippen molar-refractivity contribution >= 4 is 0 Å². The molecule has 1 heterocycles. The summed E-state index contributed by atoms with van der Waals surface area (Å²) in [5.41, 5.74) is 0.955. The normalized spacial score (nSPS) is 11.1. The molecule has 0 unspecified atom stereocenters. The molecule has 0 aliphatic carbocycles. The fourth-order valence-corrected chi connectivity index (χ4v) is 2.06. The molecule has 0 fully saturated rings. The first-order chi connectivity index (χ1) is 9.86. The van der Waals surface area contributed by atoms with Crippen LogP contribution >= 0.6 is 0 Å². The zero-order valence-electron chi connectivity index (χ0n) is 13.1. The van der Waals surface area contributed by atoms with E-state index in [0.29, 0.717) is 6.61 Å². The maximum absolute atomic E-state index is 5.61. The van der Waals surface area contributed by atoms with Gasteiger partial charge in [-0.3, -0.25) is 0 Å². The van der Waals surface area contributed by atoms with Gasteiger partial charge in [0.1, 0.15) is 6.61 Å². The number of aromatic nitrogens is 1. The first-order valence-electron chi connectivity index (χ1n) is 8.09. The van der Waals surface area contributed by atoms with Gasteiger partial charge >= 0.3 is 0 Å². The van der Waals surface area contributed by atoms with Crippen molar-refractivity contribution in [1.82, 2.24) is 10.5 Å². The zero-order chi connectivity index (χ0) is 14.5. The lowest BCUT2D eigenvalue weighted by Crippen LogP contribution is -2.13. The van der Waals surface area contributed by atoms with Crippen molar-refractivity contribution in [3.05, 3.63) is 17.5 Å². The second-order valence-corrected chi connectivity index (χ2v) is 5.28. The van der Waals surface area contributed by atoms with Crippen LogP contribution in [-0.2, 0) is 17.9 Å². The van der Waals surface area contributed by atoms with E-state index in [1.54, 1.807) is 0 Å². The summed E-state index contributed by atoms with van der Waals surface area (Å²) in [6.07, 6.45) is 8.88. The van der Waals surface area contributed by atoms with Crippen molar-refractivity contribution in [2.75, 3.05) is 13.2 Å². The van der Waals surface area contributed by atoms with Gasteiger partial charge in [-0.05, 0) is 19.4 Å². The zero-order valence-corrected chi connectivity index (χ0v) is 13.1. The first-order valence-corrected chi connectivity index (χ1v) is 8.09. The van der Waals surface area contributed by atoms with Crippen molar-refractivity contribution in [3.63, 3.8) is 0 Å². The molecule has 4 nitrogen and oxygen atoms in total. The van der Waals surface area contributed by atoms with Gasteiger partial charge in [-0.25, -0.2) is 0 Å². The molecule has 0 atom stereocenters. The molecule has 0 radical (unpaired) electrons. The molecule has 0 bridgehead atoms. The molecule has 1 N–H and O–H groups in total. The number of nitrogens with one attached hydrogen (secondary N) is 1. The molecule has 116 valence electrons. The first kappa shape index (κ1) is 17.2. The van der Waals surface area contributed by atoms with Crippen LogP contribution in [0.2, 0.25) is 0 Å². The van der Waals surface area contributed by atoms with Crippen LogP contribution in [0.4, 0.5) is 0 Å². The predicted molar refractivity (Wildman–Crippen MR) is 81.5 cm³/mol. The molecule has 1 aromatic heterocycles. The van der Waals surface area contributed by atoms with Gasteiger partial charge < -0.3 is 14.6 Å². The van der Waals surface area contributed by atoms with Crippen LogP contribution in [0.5, 0.6) is 0 Å². The Morgan fingerprint density at radius 1 is 1.10 bits per heavy atom. The quantitative estimate of drug-likeness (QED) is 0.554. The highest BCUT2D eigenvalue weighted by Crippen LogP contribution is 2.08. The molecular formula is C16H30N2O2. The third-order valence-corrected chi connectivity index (χ3v) is 3.23. The smallest absolute Gasteiger partial charge is 0.162 e. The highest BCUT2D eigenvalue weighted by Gasteiger charge is 2.03. The van der Waals surface area contributed by atoms with Gasteiger partial charge in [-0.15, -0.1) is 0 Å². The second-order valence-electron chi connectivity index (χ2n) is 5.28. The van der Waals surface area contributed by atoms with Gasteiger partial charge in [-0.2, -0.15) is 0 Å². The lowest BCUT2D eigenvalue weighted by Gasteiger charge is -2.01. The number of hydrogen-bond acceptors (Lipinski definition) is 4. The topological polar surface area (TPSA) is 47.3 Å². The Hall–Kier alpha value is -0.870. The molecule has 1 rings (SSSR count). The predicted octanol–water partition coefficient (Wildman–Crippen LogP) is 4.05. The minimum Gasteiger partial charge on any atom is -0.373 e. The standard InChI is InChI=1S/C16H30N2O2/c1-3-5-6-7-8-9-11-19-14-16-12-15(18-20-16)13-17-10-4-2/h12,17H,3-11,13-14H2,1-2H3. The SMILES string of the molecule is CCCCCCCCOCc1cc(CNCCC)no1. The highest BCUT2D eigenvalue weighted by atomic mass is 16.5. The van der Waals surface area contributed by atoms with E-state index in [2.05, 4.69) is 24.3 Å². The van der Waals surface area contributed by atoms with Crippen molar-refractivity contribution < 1.29 is 9.26 Å². The van der Waals surface area contributed by atoms with E-state index in [1.165, 1.54) is 32.1 Å². The molecular weight excluding hydrogens is 252 g/mol. The van der Waals surface area contributed by atoms with Crippen LogP contribution < -0.4 is 5.32 Å². The Morgan fingerprint density at radius 3 is 2.70 bits per heavy atom. The minimum absolute atomic E-state index is 0.537. The molecule has 0 aliphatic rings. The van der Waals surface area contributed by atoms with Gasteiger partial charge in [0.05, 0.1) is 5.69 Å². The Kier molecular flexibility index (Phi) is 10.2. The Bertz CT molecular complexity index is 326. The molecule has 4 heteroatoms. The summed E-state index contributed by atoms with van der Waals surface area (Å²) < 4.78 is 10.9. The maximum Gasteiger partial charge on any atom is 0.162 e. The Balaban J connectivity index is 1.99. The monoisotopic (exact) mass is 282 g/mol. The molecule has 20 heavy (non-hydrogen) atoms. The van der Waals surface area contributed by atoms with Crippen LogP contribution in [-0.4, -0.2) is 18.3 Å². The summed E-state index contributed by atoms with van der Waals surface area (Å²) in [4.78, 5) is 0. The van der Waals surface area contributed by atoms with E-state index in [0.717, 1.165) is 44.0 Å². The lowest BCUT2D eigenvalue weighted by molar-refractivity contribution is 0.0975. The molecule has 0 saturated carbocycles. The summed E-state index contributed by atoms with van der Waals surface area (Å²) in [6.45, 7) is 7.53. The summed E-state index contributed by atoms with van der Waals surface area (Å²) in [6, 6.07) is 1.98. The van der Waals surface area contributed by atoms with Crippen molar-refractivity contribution in [3.8, 4) is 0 Å². The summed E-state index contributed by atoms with van der Waals surface area (Å²) in [7, 11) is 0. The van der Waals surface area contributed by atoms with E-state index in [-0.39, 0.29) is 0 Å². The fraction of sp³-hybridized carbons (Fsp3) is 0.812. The van der Waals surface area contributed by atoms with Crippen molar-refractivity contribution in [2.24, 2.45) is 0 Å². The summed E-state index contributed by atoms with van der Waals surface area (Å²) in [5.74, 6) is 0.823. The van der Waals surface area contributed by atoms with Gasteiger partial charge in [0, 0.05) is 19.2 Å². The molecule has 0 aromatic carbocycles. The molecule has 0 saturated heterocycles. The van der Waals surface area contributed by atoms with Gasteiger partial charge in [-0.1, -0.05) is 51.1 Å². The van der Waals surface area contributed by atoms with E-state index in [4.69, 9.17) is 9.26 Å². The number of nitrogens with zero attached hydrogens (tertiary/aromatic N) is 1. The third kappa shape index (κ3) is 8.33. The van der Waals surface area contributed by atoms with E-state index in [9.17, 15) is 0 Å². The Labute approximate surface area is 123 Å². The number of rotatable bonds is 13. The average molecular weight is 282 g/mol. The molecule has 1 aromatic rings. The summed E-state index contributed by atoms with van der Waals surface area (Å²) in [5, 5.41) is 7.32. The molecule has 0 aliphatic heterocycles. The molecule has 0 spiro atoms. The Morgan fingerprint density at radius 2 is 1.90 bits per heavy atom. The van der Waals surface area contributed by atoms with Crippen LogP contribution in [0.1, 0.15) is 70.2 Å². The van der Waals surface area contributed by atoms with E-state index < -0.39 is 0 Å². The van der Waals surface area contributed by atoms with Crippen LogP contribution in [0.25, 0.3) is 0 Å². The third-order valence-electron chi connectivity index (χ3n) is 3.23. The van der Waals surface area contributed by atoms with Crippen LogP contribution in [0, 0.1) is 0 Å². The van der Waals surface area contributed by atoms with Gasteiger partial charge in [0.15, 0.2) is 5.76 Å². The van der Waals surface area contributed by atoms with Crippen molar-refractivity contribution in [2.45, 2.75) is 71.9 Å².